The molecule has 4 N–H and O–H groups in total. The van der Waals surface area contributed by atoms with Crippen LogP contribution < -0.4 is 11.1 Å². The summed E-state index contributed by atoms with van der Waals surface area (Å²) in [6, 6.07) is 1.66. The molecule has 0 saturated carbocycles. The smallest absolute Gasteiger partial charge is 0.144 e. The molecule has 1 atom stereocenters. The average Bonchev–Trinajstić information content (AvgIpc) is 2.14. The number of hydrogen-bond donors (Lipinski definition) is 3. The molecule has 4 nitrogen and oxygen atoms in total. The van der Waals surface area contributed by atoms with Gasteiger partial charge >= 0.3 is 0 Å². The second-order valence-corrected chi connectivity index (χ2v) is 3.92. The van der Waals surface area contributed by atoms with E-state index in [9.17, 15) is 0 Å². The lowest BCUT2D eigenvalue weighted by molar-refractivity contribution is 0.183. The molecule has 1 heterocycles. The van der Waals surface area contributed by atoms with Gasteiger partial charge in [-0.2, -0.15) is 0 Å². The van der Waals surface area contributed by atoms with E-state index in [4.69, 9.17) is 22.4 Å². The van der Waals surface area contributed by atoms with Crippen molar-refractivity contribution in [1.29, 1.82) is 0 Å². The Bertz CT molecular complexity index is 318. The quantitative estimate of drug-likeness (QED) is 0.675. The number of halogens is 1. The van der Waals surface area contributed by atoms with Gasteiger partial charge in [0.25, 0.3) is 0 Å². The Morgan fingerprint density at radius 3 is 3.00 bits per heavy atom. The summed E-state index contributed by atoms with van der Waals surface area (Å²) < 4.78 is 0. The zero-order valence-electron chi connectivity index (χ0n) is 8.70. The number of aliphatic hydroxyl groups is 1. The van der Waals surface area contributed by atoms with Crippen LogP contribution >= 0.6 is 11.6 Å². The van der Waals surface area contributed by atoms with Crippen molar-refractivity contribution in [2.24, 2.45) is 0 Å². The first-order valence-electron chi connectivity index (χ1n) is 4.92. The summed E-state index contributed by atoms with van der Waals surface area (Å²) in [6.45, 7) is 2.51. The molecule has 0 saturated heterocycles. The zero-order chi connectivity index (χ0) is 11.3. The molecule has 0 fully saturated rings. The van der Waals surface area contributed by atoms with Gasteiger partial charge in [0.15, 0.2) is 0 Å². The van der Waals surface area contributed by atoms with E-state index < -0.39 is 0 Å². The highest BCUT2D eigenvalue weighted by Crippen LogP contribution is 2.20. The number of aliphatic hydroxyl groups excluding tert-OH is 1. The predicted octanol–water partition coefficient (Wildman–Crippen LogP) is 1.89. The summed E-state index contributed by atoms with van der Waals surface area (Å²) in [7, 11) is 0. The van der Waals surface area contributed by atoms with Gasteiger partial charge in [-0.3, -0.25) is 0 Å². The monoisotopic (exact) mass is 229 g/mol. The van der Waals surface area contributed by atoms with Crippen molar-refractivity contribution in [3.8, 4) is 0 Å². The fraction of sp³-hybridized carbons (Fsp3) is 0.500. The van der Waals surface area contributed by atoms with Crippen molar-refractivity contribution in [3.05, 3.63) is 17.3 Å². The molecule has 0 spiro atoms. The highest BCUT2D eigenvalue weighted by molar-refractivity contribution is 6.33. The summed E-state index contributed by atoms with van der Waals surface area (Å²) in [4.78, 5) is 4.06. The molecule has 0 aliphatic carbocycles. The SMILES string of the molecule is CC(O)CCCNc1ncc(N)cc1Cl. The lowest BCUT2D eigenvalue weighted by Crippen LogP contribution is -2.08. The fourth-order valence-electron chi connectivity index (χ4n) is 1.19. The third-order valence-corrected chi connectivity index (χ3v) is 2.24. The van der Waals surface area contributed by atoms with Gasteiger partial charge in [-0.15, -0.1) is 0 Å². The van der Waals surface area contributed by atoms with Crippen molar-refractivity contribution >= 4 is 23.1 Å². The summed E-state index contributed by atoms with van der Waals surface area (Å²) in [5.41, 5.74) is 6.06. The van der Waals surface area contributed by atoms with Crippen LogP contribution in [0.5, 0.6) is 0 Å². The molecular formula is C10H16ClN3O. The summed E-state index contributed by atoms with van der Waals surface area (Å²) >= 11 is 5.92. The van der Waals surface area contributed by atoms with E-state index in [0.29, 0.717) is 16.5 Å². The summed E-state index contributed by atoms with van der Waals surface area (Å²) in [5.74, 6) is 0.636. The standard InChI is InChI=1S/C10H16ClN3O/c1-7(15)3-2-4-13-10-9(11)5-8(12)6-14-10/h5-7,15H,2-4,12H2,1H3,(H,13,14). The van der Waals surface area contributed by atoms with Crippen molar-refractivity contribution in [3.63, 3.8) is 0 Å². The Labute approximate surface area is 94.5 Å². The highest BCUT2D eigenvalue weighted by Gasteiger charge is 2.01. The number of nitrogens with two attached hydrogens (primary N) is 1. The zero-order valence-corrected chi connectivity index (χ0v) is 9.46. The number of aromatic nitrogens is 1. The van der Waals surface area contributed by atoms with E-state index in [1.54, 1.807) is 19.2 Å². The number of nitrogens with one attached hydrogen (secondary N) is 1. The van der Waals surface area contributed by atoms with Crippen LogP contribution in [0.4, 0.5) is 11.5 Å². The lowest BCUT2D eigenvalue weighted by atomic mass is 10.2. The van der Waals surface area contributed by atoms with E-state index in [1.807, 2.05) is 0 Å². The van der Waals surface area contributed by atoms with Crippen LogP contribution in [-0.4, -0.2) is 22.7 Å². The first-order valence-corrected chi connectivity index (χ1v) is 5.30. The number of rotatable bonds is 5. The van der Waals surface area contributed by atoms with Crippen molar-refractivity contribution in [2.75, 3.05) is 17.6 Å². The number of nitrogens with zero attached hydrogens (tertiary/aromatic N) is 1. The van der Waals surface area contributed by atoms with Crippen molar-refractivity contribution in [1.82, 2.24) is 4.98 Å². The third kappa shape index (κ3) is 4.36. The second-order valence-electron chi connectivity index (χ2n) is 3.52. The predicted molar refractivity (Wildman–Crippen MR) is 63.1 cm³/mol. The van der Waals surface area contributed by atoms with Crippen LogP contribution in [0.3, 0.4) is 0 Å². The van der Waals surface area contributed by atoms with Gasteiger partial charge in [-0.05, 0) is 25.8 Å². The molecule has 1 aromatic heterocycles. The van der Waals surface area contributed by atoms with E-state index in [1.165, 1.54) is 0 Å². The largest absolute Gasteiger partial charge is 0.397 e. The molecule has 0 radical (unpaired) electrons. The Morgan fingerprint density at radius 1 is 1.67 bits per heavy atom. The second kappa shape index (κ2) is 5.78. The van der Waals surface area contributed by atoms with Gasteiger partial charge in [0.05, 0.1) is 23.0 Å². The Hall–Kier alpha value is -1.00. The van der Waals surface area contributed by atoms with Crippen molar-refractivity contribution in [2.45, 2.75) is 25.9 Å². The van der Waals surface area contributed by atoms with Crippen molar-refractivity contribution < 1.29 is 5.11 Å². The summed E-state index contributed by atoms with van der Waals surface area (Å²) in [5, 5.41) is 12.7. The van der Waals surface area contributed by atoms with E-state index in [-0.39, 0.29) is 6.10 Å². The first kappa shape index (κ1) is 12.1. The Morgan fingerprint density at radius 2 is 2.40 bits per heavy atom. The van der Waals surface area contributed by atoms with Gasteiger partial charge in [0.2, 0.25) is 0 Å². The topological polar surface area (TPSA) is 71.2 Å². The minimum atomic E-state index is -0.262. The van der Waals surface area contributed by atoms with Crippen LogP contribution in [0.2, 0.25) is 5.02 Å². The van der Waals surface area contributed by atoms with E-state index in [2.05, 4.69) is 10.3 Å². The van der Waals surface area contributed by atoms with Gasteiger partial charge < -0.3 is 16.2 Å². The molecule has 1 unspecified atom stereocenters. The molecule has 0 amide bonds. The molecule has 0 bridgehead atoms. The highest BCUT2D eigenvalue weighted by atomic mass is 35.5. The van der Waals surface area contributed by atoms with Crippen LogP contribution in [-0.2, 0) is 0 Å². The number of anilines is 2. The third-order valence-electron chi connectivity index (χ3n) is 1.95. The first-order chi connectivity index (χ1) is 7.09. The minimum Gasteiger partial charge on any atom is -0.397 e. The number of nitrogen functional groups attached to an aromatic ring is 1. The maximum Gasteiger partial charge on any atom is 0.144 e. The van der Waals surface area contributed by atoms with Crippen LogP contribution in [0.25, 0.3) is 0 Å². The van der Waals surface area contributed by atoms with E-state index >= 15 is 0 Å². The van der Waals surface area contributed by atoms with E-state index in [0.717, 1.165) is 19.4 Å². The Balaban J connectivity index is 2.37. The Kier molecular flexibility index (Phi) is 4.65. The molecule has 0 aliphatic heterocycles. The molecule has 84 valence electrons. The molecule has 1 rings (SSSR count). The summed E-state index contributed by atoms with van der Waals surface area (Å²) in [6.07, 6.45) is 2.93. The fourth-order valence-corrected chi connectivity index (χ4v) is 1.43. The molecule has 15 heavy (non-hydrogen) atoms. The molecule has 5 heteroatoms. The van der Waals surface area contributed by atoms with Gasteiger partial charge in [-0.25, -0.2) is 4.98 Å². The molecule has 0 aliphatic rings. The van der Waals surface area contributed by atoms with Crippen LogP contribution in [0.15, 0.2) is 12.3 Å². The normalized spacial score (nSPS) is 12.5. The molecule has 0 aromatic carbocycles. The van der Waals surface area contributed by atoms with Gasteiger partial charge in [0, 0.05) is 6.54 Å². The lowest BCUT2D eigenvalue weighted by Gasteiger charge is -2.08. The van der Waals surface area contributed by atoms with Gasteiger partial charge in [-0.1, -0.05) is 11.6 Å². The van der Waals surface area contributed by atoms with Gasteiger partial charge in [0.1, 0.15) is 5.82 Å². The van der Waals surface area contributed by atoms with Crippen LogP contribution in [0, 0.1) is 0 Å². The molecule has 1 aromatic rings. The maximum atomic E-state index is 9.05. The average molecular weight is 230 g/mol. The number of pyridine rings is 1. The molecular weight excluding hydrogens is 214 g/mol. The van der Waals surface area contributed by atoms with Crippen LogP contribution in [0.1, 0.15) is 19.8 Å². The number of hydrogen-bond acceptors (Lipinski definition) is 4. The maximum absolute atomic E-state index is 9.05. The minimum absolute atomic E-state index is 0.262.